The van der Waals surface area contributed by atoms with Crippen molar-refractivity contribution in [3.63, 3.8) is 0 Å². The molecule has 6 heteroatoms. The van der Waals surface area contributed by atoms with Crippen molar-refractivity contribution in [2.75, 3.05) is 14.2 Å². The molecule has 0 radical (unpaired) electrons. The van der Waals surface area contributed by atoms with Gasteiger partial charge in [0.2, 0.25) is 0 Å². The molecule has 0 aliphatic carbocycles. The third-order valence-corrected chi connectivity index (χ3v) is 3.38. The molecule has 0 heterocycles. The molecule has 2 aromatic rings. The molecule has 3 N–H and O–H groups in total. The average Bonchev–Trinajstić information content (AvgIpc) is 2.59. The van der Waals surface area contributed by atoms with E-state index in [-0.39, 0.29) is 22.7 Å². The van der Waals surface area contributed by atoms with Gasteiger partial charge in [0.15, 0.2) is 17.3 Å². The number of allylic oxidation sites excluding steroid dienone is 1. The molecule has 0 fully saturated rings. The highest BCUT2D eigenvalue weighted by Gasteiger charge is 2.11. The topological polar surface area (TPSA) is 98.9 Å². The fourth-order valence-electron chi connectivity index (χ4n) is 2.11. The van der Waals surface area contributed by atoms with Gasteiger partial charge in [0, 0.05) is 5.56 Å². The Kier molecular flexibility index (Phi) is 5.21. The van der Waals surface area contributed by atoms with E-state index in [0.717, 1.165) is 5.56 Å². The van der Waals surface area contributed by atoms with E-state index in [1.165, 1.54) is 38.5 Å². The van der Waals surface area contributed by atoms with E-state index in [0.29, 0.717) is 11.5 Å². The zero-order valence-electron chi connectivity index (χ0n) is 13.3. The predicted octanol–water partition coefficient (Wildman–Crippen LogP) is 2.40. The number of primary amides is 1. The number of hydrogen-bond acceptors (Lipinski definition) is 5. The molecule has 2 rings (SSSR count). The summed E-state index contributed by atoms with van der Waals surface area (Å²) >= 11 is 0. The lowest BCUT2D eigenvalue weighted by atomic mass is 10.0. The molecular formula is C18H17NO5. The molecule has 0 aliphatic rings. The molecule has 0 atom stereocenters. The van der Waals surface area contributed by atoms with Gasteiger partial charge < -0.3 is 20.3 Å². The van der Waals surface area contributed by atoms with Crippen LogP contribution in [0.3, 0.4) is 0 Å². The summed E-state index contributed by atoms with van der Waals surface area (Å²) < 4.78 is 10.4. The number of hydrogen-bond donors (Lipinski definition) is 2. The Morgan fingerprint density at radius 3 is 2.38 bits per heavy atom. The lowest BCUT2D eigenvalue weighted by Crippen LogP contribution is -2.12. The van der Waals surface area contributed by atoms with Crippen molar-refractivity contribution in [3.8, 4) is 17.2 Å². The number of ether oxygens (including phenoxy) is 2. The fraction of sp³-hybridized carbons (Fsp3) is 0.111. The maximum Gasteiger partial charge on any atom is 0.252 e. The molecule has 1 amide bonds. The minimum absolute atomic E-state index is 0.0969. The summed E-state index contributed by atoms with van der Waals surface area (Å²) in [6, 6.07) is 9.18. The number of amides is 1. The van der Waals surface area contributed by atoms with Crippen LogP contribution in [0.5, 0.6) is 17.2 Å². The summed E-state index contributed by atoms with van der Waals surface area (Å²) in [4.78, 5) is 23.4. The quantitative estimate of drug-likeness (QED) is 0.627. The van der Waals surface area contributed by atoms with Gasteiger partial charge >= 0.3 is 0 Å². The van der Waals surface area contributed by atoms with Gasteiger partial charge in [-0.05, 0) is 42.0 Å². The van der Waals surface area contributed by atoms with Gasteiger partial charge in [0.05, 0.1) is 19.8 Å². The van der Waals surface area contributed by atoms with Crippen molar-refractivity contribution in [2.45, 2.75) is 0 Å². The number of methoxy groups -OCH3 is 2. The standard InChI is InChI=1S/C18H17NO5/c1-23-16-8-4-11(9-17(16)24-2)3-6-14(20)12-5-7-15(21)13(10-12)18(19)22/h3-10,21H,1-2H3,(H2,19,22)/b6-3+. The smallest absolute Gasteiger partial charge is 0.252 e. The molecule has 0 saturated carbocycles. The predicted molar refractivity (Wildman–Crippen MR) is 89.5 cm³/mol. The largest absolute Gasteiger partial charge is 0.507 e. The highest BCUT2D eigenvalue weighted by Crippen LogP contribution is 2.28. The van der Waals surface area contributed by atoms with Gasteiger partial charge in [-0.15, -0.1) is 0 Å². The van der Waals surface area contributed by atoms with E-state index in [1.807, 2.05) is 0 Å². The van der Waals surface area contributed by atoms with Crippen molar-refractivity contribution < 1.29 is 24.2 Å². The molecule has 0 saturated heterocycles. The highest BCUT2D eigenvalue weighted by molar-refractivity contribution is 6.08. The third-order valence-electron chi connectivity index (χ3n) is 3.38. The highest BCUT2D eigenvalue weighted by atomic mass is 16.5. The Labute approximate surface area is 139 Å². The van der Waals surface area contributed by atoms with E-state index in [2.05, 4.69) is 0 Å². The summed E-state index contributed by atoms with van der Waals surface area (Å²) in [5, 5.41) is 9.55. The van der Waals surface area contributed by atoms with Gasteiger partial charge in [-0.25, -0.2) is 0 Å². The van der Waals surface area contributed by atoms with E-state index in [4.69, 9.17) is 15.2 Å². The maximum absolute atomic E-state index is 12.2. The normalized spacial score (nSPS) is 10.6. The first kappa shape index (κ1) is 17.1. The number of nitrogens with two attached hydrogens (primary N) is 1. The van der Waals surface area contributed by atoms with Crippen molar-refractivity contribution in [1.82, 2.24) is 0 Å². The molecule has 6 nitrogen and oxygen atoms in total. The van der Waals surface area contributed by atoms with Crippen LogP contribution in [0.4, 0.5) is 0 Å². The van der Waals surface area contributed by atoms with Crippen LogP contribution in [0.15, 0.2) is 42.5 Å². The minimum atomic E-state index is -0.800. The monoisotopic (exact) mass is 327 g/mol. The molecule has 0 aliphatic heterocycles. The van der Waals surface area contributed by atoms with Gasteiger partial charge in [-0.3, -0.25) is 9.59 Å². The maximum atomic E-state index is 12.2. The zero-order chi connectivity index (χ0) is 17.7. The SMILES string of the molecule is COc1ccc(/C=C/C(=O)c2ccc(O)c(C(N)=O)c2)cc1OC. The van der Waals surface area contributed by atoms with Crippen LogP contribution in [0.2, 0.25) is 0 Å². The van der Waals surface area contributed by atoms with Gasteiger partial charge in [0.1, 0.15) is 5.75 Å². The first-order valence-electron chi connectivity index (χ1n) is 7.03. The number of phenols is 1. The lowest BCUT2D eigenvalue weighted by molar-refractivity contribution is 0.0997. The van der Waals surface area contributed by atoms with Crippen LogP contribution >= 0.6 is 0 Å². The number of carbonyl (C=O) groups excluding carboxylic acids is 2. The van der Waals surface area contributed by atoms with Crippen molar-refractivity contribution in [3.05, 3.63) is 59.2 Å². The zero-order valence-corrected chi connectivity index (χ0v) is 13.3. The molecule has 0 spiro atoms. The summed E-state index contributed by atoms with van der Waals surface area (Å²) in [5.41, 5.74) is 6.05. The average molecular weight is 327 g/mol. The van der Waals surface area contributed by atoms with E-state index in [1.54, 1.807) is 24.3 Å². The van der Waals surface area contributed by atoms with Crippen molar-refractivity contribution in [1.29, 1.82) is 0 Å². The number of rotatable bonds is 6. The Morgan fingerprint density at radius 2 is 1.75 bits per heavy atom. The summed E-state index contributed by atoms with van der Waals surface area (Å²) in [5.74, 6) is -0.250. The second-order valence-corrected chi connectivity index (χ2v) is 4.91. The van der Waals surface area contributed by atoms with E-state index in [9.17, 15) is 14.7 Å². The Balaban J connectivity index is 2.25. The second kappa shape index (κ2) is 7.32. The van der Waals surface area contributed by atoms with Gasteiger partial charge in [-0.2, -0.15) is 0 Å². The van der Waals surface area contributed by atoms with Gasteiger partial charge in [0.25, 0.3) is 5.91 Å². The number of aromatic hydroxyl groups is 1. The summed E-state index contributed by atoms with van der Waals surface area (Å²) in [7, 11) is 3.07. The Morgan fingerprint density at radius 1 is 1.04 bits per heavy atom. The molecule has 0 aromatic heterocycles. The van der Waals surface area contributed by atoms with Crippen LogP contribution in [0.1, 0.15) is 26.3 Å². The van der Waals surface area contributed by atoms with E-state index < -0.39 is 5.91 Å². The Bertz CT molecular complexity index is 811. The van der Waals surface area contributed by atoms with Crippen LogP contribution in [0, 0.1) is 0 Å². The molecule has 0 unspecified atom stereocenters. The van der Waals surface area contributed by atoms with Crippen LogP contribution in [-0.4, -0.2) is 31.0 Å². The van der Waals surface area contributed by atoms with Gasteiger partial charge in [-0.1, -0.05) is 12.1 Å². The molecule has 0 bridgehead atoms. The Hall–Kier alpha value is -3.28. The van der Waals surface area contributed by atoms with Crippen molar-refractivity contribution in [2.24, 2.45) is 5.73 Å². The van der Waals surface area contributed by atoms with E-state index >= 15 is 0 Å². The first-order chi connectivity index (χ1) is 11.5. The number of ketones is 1. The minimum Gasteiger partial charge on any atom is -0.507 e. The van der Waals surface area contributed by atoms with Crippen LogP contribution in [-0.2, 0) is 0 Å². The second-order valence-electron chi connectivity index (χ2n) is 4.91. The van der Waals surface area contributed by atoms with Crippen LogP contribution in [0.25, 0.3) is 6.08 Å². The lowest BCUT2D eigenvalue weighted by Gasteiger charge is -2.07. The van der Waals surface area contributed by atoms with Crippen LogP contribution < -0.4 is 15.2 Å². The molecule has 124 valence electrons. The number of carbonyl (C=O) groups is 2. The molecule has 24 heavy (non-hydrogen) atoms. The van der Waals surface area contributed by atoms with Crippen molar-refractivity contribution >= 4 is 17.8 Å². The molecular weight excluding hydrogens is 310 g/mol. The molecule has 2 aromatic carbocycles. The summed E-state index contributed by atoms with van der Waals surface area (Å²) in [6.07, 6.45) is 2.97. The fourth-order valence-corrected chi connectivity index (χ4v) is 2.11. The number of benzene rings is 2. The first-order valence-corrected chi connectivity index (χ1v) is 7.03. The third kappa shape index (κ3) is 3.73. The summed E-state index contributed by atoms with van der Waals surface area (Å²) in [6.45, 7) is 0.